The second-order valence-corrected chi connectivity index (χ2v) is 6.62. The van der Waals surface area contributed by atoms with E-state index in [0.717, 1.165) is 25.8 Å². The standard InChI is InChI=1S/C10H20N2O2S.ClH/c13-15(14,7-5-9-3-4-9)12-8-10-2-1-6-11-10;/h9-12H,1-8H2;1H. The van der Waals surface area contributed by atoms with Gasteiger partial charge in [-0.3, -0.25) is 0 Å². The molecule has 6 heteroatoms. The molecular formula is C10H21ClN2O2S. The quantitative estimate of drug-likeness (QED) is 0.752. The van der Waals surface area contributed by atoms with E-state index in [-0.39, 0.29) is 12.4 Å². The normalized spacial score (nSPS) is 25.4. The molecule has 96 valence electrons. The summed E-state index contributed by atoms with van der Waals surface area (Å²) in [5.74, 6) is 0.996. The van der Waals surface area contributed by atoms with Gasteiger partial charge in [0.05, 0.1) is 5.75 Å². The van der Waals surface area contributed by atoms with Crippen LogP contribution < -0.4 is 10.0 Å². The largest absolute Gasteiger partial charge is 0.313 e. The second kappa shape index (κ2) is 6.19. The highest BCUT2D eigenvalue weighted by Crippen LogP contribution is 2.32. The number of sulfonamides is 1. The van der Waals surface area contributed by atoms with Gasteiger partial charge in [0.2, 0.25) is 10.0 Å². The summed E-state index contributed by atoms with van der Waals surface area (Å²) in [7, 11) is -3.01. The molecule has 4 nitrogen and oxygen atoms in total. The summed E-state index contributed by atoms with van der Waals surface area (Å²) >= 11 is 0. The summed E-state index contributed by atoms with van der Waals surface area (Å²) in [6.07, 6.45) is 5.53. The molecule has 1 saturated carbocycles. The van der Waals surface area contributed by atoms with Gasteiger partial charge >= 0.3 is 0 Å². The molecular weight excluding hydrogens is 248 g/mol. The fraction of sp³-hybridized carbons (Fsp3) is 1.00. The lowest BCUT2D eigenvalue weighted by molar-refractivity contribution is 0.548. The Labute approximate surface area is 104 Å². The van der Waals surface area contributed by atoms with E-state index in [0.29, 0.717) is 24.3 Å². The fourth-order valence-electron chi connectivity index (χ4n) is 1.96. The van der Waals surface area contributed by atoms with Crippen molar-refractivity contribution in [1.82, 2.24) is 10.0 Å². The van der Waals surface area contributed by atoms with E-state index in [1.54, 1.807) is 0 Å². The molecule has 1 unspecified atom stereocenters. The highest BCUT2D eigenvalue weighted by Gasteiger charge is 2.24. The van der Waals surface area contributed by atoms with Crippen molar-refractivity contribution in [2.24, 2.45) is 5.92 Å². The minimum absolute atomic E-state index is 0. The van der Waals surface area contributed by atoms with Crippen LogP contribution in [0.4, 0.5) is 0 Å². The Bertz CT molecular complexity index is 298. The van der Waals surface area contributed by atoms with Gasteiger partial charge in [0.1, 0.15) is 0 Å². The number of halogens is 1. The highest BCUT2D eigenvalue weighted by atomic mass is 35.5. The van der Waals surface area contributed by atoms with E-state index < -0.39 is 10.0 Å². The molecule has 0 spiro atoms. The molecule has 0 aromatic carbocycles. The zero-order valence-corrected chi connectivity index (χ0v) is 11.1. The molecule has 2 aliphatic rings. The molecule has 2 N–H and O–H groups in total. The molecule has 1 aliphatic carbocycles. The van der Waals surface area contributed by atoms with Gasteiger partial charge in [0.25, 0.3) is 0 Å². The monoisotopic (exact) mass is 268 g/mol. The van der Waals surface area contributed by atoms with E-state index in [9.17, 15) is 8.42 Å². The molecule has 0 amide bonds. The van der Waals surface area contributed by atoms with Gasteiger partial charge in [-0.1, -0.05) is 12.8 Å². The van der Waals surface area contributed by atoms with Crippen LogP contribution in [-0.2, 0) is 10.0 Å². The zero-order valence-electron chi connectivity index (χ0n) is 9.44. The maximum Gasteiger partial charge on any atom is 0.211 e. The van der Waals surface area contributed by atoms with Crippen LogP contribution in [0.5, 0.6) is 0 Å². The Kier molecular flexibility index (Phi) is 5.50. The predicted octanol–water partition coefficient (Wildman–Crippen LogP) is 0.880. The third-order valence-corrected chi connectivity index (χ3v) is 4.58. The molecule has 0 radical (unpaired) electrons. The topological polar surface area (TPSA) is 58.2 Å². The lowest BCUT2D eigenvalue weighted by Crippen LogP contribution is -2.38. The molecule has 0 bridgehead atoms. The Morgan fingerprint density at radius 3 is 2.56 bits per heavy atom. The predicted molar refractivity (Wildman–Crippen MR) is 67.4 cm³/mol. The van der Waals surface area contributed by atoms with Crippen molar-refractivity contribution in [2.75, 3.05) is 18.8 Å². The van der Waals surface area contributed by atoms with Gasteiger partial charge < -0.3 is 5.32 Å². The minimum atomic E-state index is -3.01. The van der Waals surface area contributed by atoms with Crippen molar-refractivity contribution in [1.29, 1.82) is 0 Å². The van der Waals surface area contributed by atoms with E-state index in [2.05, 4.69) is 10.0 Å². The summed E-state index contributed by atoms with van der Waals surface area (Å²) in [5, 5.41) is 3.28. The SMILES string of the molecule is Cl.O=S(=O)(CCC1CC1)NCC1CCCN1. The third kappa shape index (κ3) is 4.99. The summed E-state index contributed by atoms with van der Waals surface area (Å²) in [5.41, 5.74) is 0. The smallest absolute Gasteiger partial charge is 0.211 e. The van der Waals surface area contributed by atoms with Crippen LogP contribution in [0.2, 0.25) is 0 Å². The minimum Gasteiger partial charge on any atom is -0.313 e. The highest BCUT2D eigenvalue weighted by molar-refractivity contribution is 7.89. The van der Waals surface area contributed by atoms with Crippen molar-refractivity contribution >= 4 is 22.4 Å². The molecule has 2 fully saturated rings. The Morgan fingerprint density at radius 2 is 2.00 bits per heavy atom. The Morgan fingerprint density at radius 1 is 1.25 bits per heavy atom. The van der Waals surface area contributed by atoms with Gasteiger partial charge in [-0.05, 0) is 31.7 Å². The van der Waals surface area contributed by atoms with Crippen LogP contribution in [0, 0.1) is 5.92 Å². The molecule has 1 saturated heterocycles. The average Bonchev–Trinajstić information content (AvgIpc) is 2.88. The van der Waals surface area contributed by atoms with Crippen LogP contribution in [0.3, 0.4) is 0 Å². The summed E-state index contributed by atoms with van der Waals surface area (Å²) in [6.45, 7) is 1.58. The van der Waals surface area contributed by atoms with Gasteiger partial charge in [0.15, 0.2) is 0 Å². The molecule has 16 heavy (non-hydrogen) atoms. The van der Waals surface area contributed by atoms with E-state index in [1.807, 2.05) is 0 Å². The number of hydrogen-bond acceptors (Lipinski definition) is 3. The van der Waals surface area contributed by atoms with E-state index in [1.165, 1.54) is 12.8 Å². The maximum absolute atomic E-state index is 11.6. The molecule has 2 rings (SSSR count). The van der Waals surface area contributed by atoms with Crippen LogP contribution in [0.15, 0.2) is 0 Å². The lowest BCUT2D eigenvalue weighted by Gasteiger charge is -2.11. The molecule has 1 atom stereocenters. The first-order valence-corrected chi connectivity index (χ1v) is 7.52. The van der Waals surface area contributed by atoms with E-state index >= 15 is 0 Å². The first-order chi connectivity index (χ1) is 7.16. The Hall–Kier alpha value is 0.160. The zero-order chi connectivity index (χ0) is 10.7. The first kappa shape index (κ1) is 14.2. The van der Waals surface area contributed by atoms with Crippen molar-refractivity contribution in [3.8, 4) is 0 Å². The Balaban J connectivity index is 0.00000128. The maximum atomic E-state index is 11.6. The van der Waals surface area contributed by atoms with Crippen LogP contribution in [0.25, 0.3) is 0 Å². The summed E-state index contributed by atoms with van der Waals surface area (Å²) < 4.78 is 25.9. The molecule has 0 aromatic rings. The van der Waals surface area contributed by atoms with Crippen molar-refractivity contribution < 1.29 is 8.42 Å². The van der Waals surface area contributed by atoms with Crippen LogP contribution in [0.1, 0.15) is 32.1 Å². The number of rotatable bonds is 6. The van der Waals surface area contributed by atoms with Crippen molar-refractivity contribution in [3.05, 3.63) is 0 Å². The van der Waals surface area contributed by atoms with Gasteiger partial charge in [-0.2, -0.15) is 0 Å². The van der Waals surface area contributed by atoms with Crippen molar-refractivity contribution in [2.45, 2.75) is 38.1 Å². The summed E-state index contributed by atoms with van der Waals surface area (Å²) in [4.78, 5) is 0. The third-order valence-electron chi connectivity index (χ3n) is 3.20. The number of nitrogens with one attached hydrogen (secondary N) is 2. The molecule has 1 aliphatic heterocycles. The van der Waals surface area contributed by atoms with Crippen molar-refractivity contribution in [3.63, 3.8) is 0 Å². The molecule has 0 aromatic heterocycles. The lowest BCUT2D eigenvalue weighted by atomic mass is 10.2. The van der Waals surface area contributed by atoms with Crippen LogP contribution >= 0.6 is 12.4 Å². The van der Waals surface area contributed by atoms with Gasteiger partial charge in [-0.25, -0.2) is 13.1 Å². The summed E-state index contributed by atoms with van der Waals surface area (Å²) in [6, 6.07) is 0.348. The first-order valence-electron chi connectivity index (χ1n) is 5.86. The number of hydrogen-bond donors (Lipinski definition) is 2. The van der Waals surface area contributed by atoms with E-state index in [4.69, 9.17) is 0 Å². The fourth-order valence-corrected chi connectivity index (χ4v) is 3.20. The average molecular weight is 269 g/mol. The van der Waals surface area contributed by atoms with Gasteiger partial charge in [-0.15, -0.1) is 12.4 Å². The molecule has 1 heterocycles. The van der Waals surface area contributed by atoms with Crippen LogP contribution in [-0.4, -0.2) is 33.3 Å². The van der Waals surface area contributed by atoms with Gasteiger partial charge in [0, 0.05) is 12.6 Å². The second-order valence-electron chi connectivity index (χ2n) is 4.69.